The number of carbonyl (C=O) groups excluding carboxylic acids is 2. The zero-order valence-corrected chi connectivity index (χ0v) is 17.5. The average Bonchev–Trinajstić information content (AvgIpc) is 2.89. The minimum Gasteiger partial charge on any atom is -0.356 e. The van der Waals surface area contributed by atoms with Crippen LogP contribution in [0.4, 0.5) is 9.18 Å². The van der Waals surface area contributed by atoms with Gasteiger partial charge in [0.25, 0.3) is 0 Å². The number of amides is 3. The van der Waals surface area contributed by atoms with Crippen LogP contribution in [0, 0.1) is 5.82 Å². The molecular formula is C17H25FIN5O2. The van der Waals surface area contributed by atoms with Gasteiger partial charge in [-0.1, -0.05) is 26.0 Å². The molecule has 0 atom stereocenters. The molecule has 1 aromatic carbocycles. The molecule has 7 nitrogen and oxygen atoms in total. The zero-order valence-electron chi connectivity index (χ0n) is 15.1. The first kappa shape index (κ1) is 22.1. The van der Waals surface area contributed by atoms with Gasteiger partial charge in [0, 0.05) is 32.1 Å². The van der Waals surface area contributed by atoms with Gasteiger partial charge in [-0.3, -0.25) is 14.7 Å². The third-order valence-electron chi connectivity index (χ3n) is 4.09. The monoisotopic (exact) mass is 477 g/mol. The fourth-order valence-electron chi connectivity index (χ4n) is 2.50. The average molecular weight is 477 g/mol. The number of urea groups is 1. The maximum Gasteiger partial charge on any atom is 0.324 e. The number of hydrogen-bond donors (Lipinski definition) is 3. The summed E-state index contributed by atoms with van der Waals surface area (Å²) in [5, 5.41) is 8.72. The highest BCUT2D eigenvalue weighted by atomic mass is 127. The summed E-state index contributed by atoms with van der Waals surface area (Å²) in [4.78, 5) is 28.3. The van der Waals surface area contributed by atoms with Crippen LogP contribution < -0.4 is 16.0 Å². The van der Waals surface area contributed by atoms with Crippen LogP contribution in [0.1, 0.15) is 19.4 Å². The lowest BCUT2D eigenvalue weighted by molar-refractivity contribution is -0.124. The first-order valence-electron chi connectivity index (χ1n) is 8.12. The summed E-state index contributed by atoms with van der Waals surface area (Å²) in [5.41, 5.74) is 0.583. The van der Waals surface area contributed by atoms with E-state index in [1.54, 1.807) is 13.1 Å². The Kier molecular flexibility index (Phi) is 8.25. The van der Waals surface area contributed by atoms with E-state index >= 15 is 0 Å². The minimum absolute atomic E-state index is 0. The molecule has 144 valence electrons. The van der Waals surface area contributed by atoms with Crippen LogP contribution in [0.2, 0.25) is 0 Å². The van der Waals surface area contributed by atoms with Crippen LogP contribution in [0.15, 0.2) is 29.3 Å². The van der Waals surface area contributed by atoms with Crippen molar-refractivity contribution in [1.29, 1.82) is 0 Å². The van der Waals surface area contributed by atoms with Crippen LogP contribution in [-0.4, -0.2) is 56.0 Å². The van der Waals surface area contributed by atoms with Gasteiger partial charge in [-0.2, -0.15) is 0 Å². The molecule has 0 radical (unpaired) electrons. The van der Waals surface area contributed by atoms with Gasteiger partial charge in [0.1, 0.15) is 5.82 Å². The van der Waals surface area contributed by atoms with Gasteiger partial charge in [-0.15, -0.1) is 24.0 Å². The first-order valence-corrected chi connectivity index (χ1v) is 8.12. The summed E-state index contributed by atoms with van der Waals surface area (Å²) >= 11 is 0. The molecule has 0 bridgehead atoms. The van der Waals surface area contributed by atoms with Crippen LogP contribution in [0.3, 0.4) is 0 Å². The van der Waals surface area contributed by atoms with E-state index in [1.165, 1.54) is 12.1 Å². The second-order valence-electron chi connectivity index (χ2n) is 6.45. The predicted octanol–water partition coefficient (Wildman–Crippen LogP) is 1.44. The summed E-state index contributed by atoms with van der Waals surface area (Å²) < 4.78 is 13.4. The zero-order chi connectivity index (χ0) is 18.4. The molecule has 3 N–H and O–H groups in total. The van der Waals surface area contributed by atoms with E-state index in [9.17, 15) is 14.0 Å². The van der Waals surface area contributed by atoms with E-state index in [0.29, 0.717) is 19.0 Å². The largest absolute Gasteiger partial charge is 0.356 e. The van der Waals surface area contributed by atoms with E-state index in [1.807, 2.05) is 19.9 Å². The van der Waals surface area contributed by atoms with Crippen molar-refractivity contribution in [3.63, 3.8) is 0 Å². The quantitative estimate of drug-likeness (QED) is 0.251. The molecule has 26 heavy (non-hydrogen) atoms. The molecule has 1 aliphatic heterocycles. The van der Waals surface area contributed by atoms with Crippen molar-refractivity contribution < 1.29 is 14.0 Å². The van der Waals surface area contributed by atoms with Crippen molar-refractivity contribution in [3.05, 3.63) is 35.6 Å². The highest BCUT2D eigenvalue weighted by molar-refractivity contribution is 14.0. The number of carbonyl (C=O) groups is 2. The molecule has 3 amide bonds. The van der Waals surface area contributed by atoms with E-state index in [-0.39, 0.29) is 60.2 Å². The highest BCUT2D eigenvalue weighted by Gasteiger charge is 2.27. The van der Waals surface area contributed by atoms with E-state index in [0.717, 1.165) is 10.5 Å². The third kappa shape index (κ3) is 5.82. The number of nitrogens with one attached hydrogen (secondary N) is 3. The van der Waals surface area contributed by atoms with Gasteiger partial charge in [0.05, 0.1) is 6.54 Å². The molecule has 1 saturated heterocycles. The molecule has 2 rings (SSSR count). The minimum atomic E-state index is -0.373. The number of benzene rings is 1. The molecule has 1 heterocycles. The summed E-state index contributed by atoms with van der Waals surface area (Å²) in [6, 6.07) is 6.15. The molecule has 1 aromatic rings. The lowest BCUT2D eigenvalue weighted by Crippen LogP contribution is -2.46. The van der Waals surface area contributed by atoms with E-state index < -0.39 is 0 Å². The van der Waals surface area contributed by atoms with Gasteiger partial charge in [-0.25, -0.2) is 9.18 Å². The van der Waals surface area contributed by atoms with Crippen molar-refractivity contribution >= 4 is 41.9 Å². The fraction of sp³-hybridized carbons (Fsp3) is 0.471. The SMILES string of the molecule is CN=C(NCCN1C(=O)CNC1=O)NCC(C)(C)c1cccc(F)c1.I. The Morgan fingerprint density at radius 3 is 2.65 bits per heavy atom. The molecule has 0 aromatic heterocycles. The Bertz CT molecular complexity index is 665. The summed E-state index contributed by atoms with van der Waals surface area (Å²) in [6.07, 6.45) is 0. The summed E-state index contributed by atoms with van der Waals surface area (Å²) in [7, 11) is 1.64. The van der Waals surface area contributed by atoms with Crippen molar-refractivity contribution in [2.24, 2.45) is 4.99 Å². The van der Waals surface area contributed by atoms with E-state index in [4.69, 9.17) is 0 Å². The number of guanidine groups is 1. The van der Waals surface area contributed by atoms with Gasteiger partial charge in [0.2, 0.25) is 5.91 Å². The smallest absolute Gasteiger partial charge is 0.324 e. The van der Waals surface area contributed by atoms with E-state index in [2.05, 4.69) is 20.9 Å². The third-order valence-corrected chi connectivity index (χ3v) is 4.09. The van der Waals surface area contributed by atoms with Crippen molar-refractivity contribution in [2.75, 3.05) is 33.2 Å². The maximum atomic E-state index is 13.4. The number of hydrogen-bond acceptors (Lipinski definition) is 3. The van der Waals surface area contributed by atoms with Crippen molar-refractivity contribution in [2.45, 2.75) is 19.3 Å². The van der Waals surface area contributed by atoms with Crippen LogP contribution in [-0.2, 0) is 10.2 Å². The number of rotatable bonds is 6. The Hall–Kier alpha value is -1.91. The lowest BCUT2D eigenvalue weighted by Gasteiger charge is -2.27. The molecule has 0 saturated carbocycles. The topological polar surface area (TPSA) is 85.8 Å². The normalized spacial score (nSPS) is 14.8. The first-order chi connectivity index (χ1) is 11.8. The summed E-state index contributed by atoms with van der Waals surface area (Å²) in [6.45, 7) is 5.26. The summed E-state index contributed by atoms with van der Waals surface area (Å²) in [5.74, 6) is 0.0557. The molecule has 0 spiro atoms. The van der Waals surface area contributed by atoms with Gasteiger partial charge >= 0.3 is 6.03 Å². The molecule has 1 fully saturated rings. The molecular weight excluding hydrogens is 452 g/mol. The maximum absolute atomic E-state index is 13.4. The predicted molar refractivity (Wildman–Crippen MR) is 109 cm³/mol. The van der Waals surface area contributed by atoms with Crippen molar-refractivity contribution in [1.82, 2.24) is 20.9 Å². The Morgan fingerprint density at radius 1 is 1.35 bits per heavy atom. The number of imide groups is 1. The second kappa shape index (κ2) is 9.70. The van der Waals surface area contributed by atoms with Crippen molar-refractivity contribution in [3.8, 4) is 0 Å². The fourth-order valence-corrected chi connectivity index (χ4v) is 2.50. The lowest BCUT2D eigenvalue weighted by atomic mass is 9.84. The van der Waals surface area contributed by atoms with Gasteiger partial charge in [0.15, 0.2) is 5.96 Å². The number of nitrogens with zero attached hydrogens (tertiary/aromatic N) is 2. The number of aliphatic imine (C=N–C) groups is 1. The molecule has 1 aliphatic rings. The van der Waals surface area contributed by atoms with Crippen LogP contribution >= 0.6 is 24.0 Å². The Labute approximate surface area is 169 Å². The Morgan fingerprint density at radius 2 is 2.08 bits per heavy atom. The molecule has 9 heteroatoms. The second-order valence-corrected chi connectivity index (χ2v) is 6.45. The Balaban J connectivity index is 0.00000338. The molecule has 0 unspecified atom stereocenters. The number of halogens is 2. The van der Waals surface area contributed by atoms with Gasteiger partial charge in [-0.05, 0) is 17.7 Å². The molecule has 0 aliphatic carbocycles. The van der Waals surface area contributed by atoms with Gasteiger partial charge < -0.3 is 16.0 Å². The standard InChI is InChI=1S/C17H24FN5O2.HI/c1-17(2,12-5-4-6-13(18)9-12)11-22-15(19-3)20-7-8-23-14(24)10-21-16(23)25;/h4-6,9H,7-8,10-11H2,1-3H3,(H,21,25)(H2,19,20,22);1H. The van der Waals surface area contributed by atoms with Crippen LogP contribution in [0.25, 0.3) is 0 Å². The highest BCUT2D eigenvalue weighted by Crippen LogP contribution is 2.22. The van der Waals surface area contributed by atoms with Crippen LogP contribution in [0.5, 0.6) is 0 Å².